The highest BCUT2D eigenvalue weighted by atomic mass is 16.3. The molecular formula is C13H20N2O3. The van der Waals surface area contributed by atoms with E-state index in [9.17, 15) is 4.79 Å². The lowest BCUT2D eigenvalue weighted by atomic mass is 10.1. The summed E-state index contributed by atoms with van der Waals surface area (Å²) in [6, 6.07) is 9.19. The third-order valence-electron chi connectivity index (χ3n) is 2.65. The molecule has 0 saturated carbocycles. The number of aliphatic hydroxyl groups is 2. The summed E-state index contributed by atoms with van der Waals surface area (Å²) in [6.45, 7) is -0.353. The molecule has 18 heavy (non-hydrogen) atoms. The summed E-state index contributed by atoms with van der Waals surface area (Å²) in [5, 5.41) is 20.2. The molecule has 1 aromatic rings. The number of carbonyl (C=O) groups is 1. The molecule has 0 saturated heterocycles. The molecule has 0 aromatic heterocycles. The van der Waals surface area contributed by atoms with Crippen LogP contribution in [0.15, 0.2) is 30.3 Å². The number of amides is 1. The van der Waals surface area contributed by atoms with Crippen molar-refractivity contribution in [2.24, 2.45) is 5.73 Å². The van der Waals surface area contributed by atoms with Crippen LogP contribution in [0.4, 0.5) is 0 Å². The van der Waals surface area contributed by atoms with Gasteiger partial charge in [0.2, 0.25) is 5.91 Å². The third kappa shape index (κ3) is 5.27. The molecule has 0 fully saturated rings. The Kier molecular flexibility index (Phi) is 6.35. The molecule has 0 aliphatic rings. The maximum absolute atomic E-state index is 11.6. The fourth-order valence-electron chi connectivity index (χ4n) is 1.51. The zero-order valence-electron chi connectivity index (χ0n) is 10.2. The van der Waals surface area contributed by atoms with E-state index in [1.165, 1.54) is 0 Å². The number of aliphatic hydroxyl groups excluding tert-OH is 2. The highest BCUT2D eigenvalue weighted by Gasteiger charge is 2.14. The second kappa shape index (κ2) is 7.81. The summed E-state index contributed by atoms with van der Waals surface area (Å²) in [5.41, 5.74) is 6.87. The van der Waals surface area contributed by atoms with Crippen LogP contribution < -0.4 is 11.1 Å². The second-order valence-corrected chi connectivity index (χ2v) is 4.21. The molecule has 100 valence electrons. The van der Waals surface area contributed by atoms with Crippen LogP contribution in [-0.4, -0.2) is 41.4 Å². The molecule has 1 amide bonds. The molecule has 5 heteroatoms. The van der Waals surface area contributed by atoms with Gasteiger partial charge in [-0.3, -0.25) is 4.79 Å². The minimum Gasteiger partial charge on any atom is -0.394 e. The normalized spacial score (nSPS) is 13.9. The highest BCUT2D eigenvalue weighted by molar-refractivity contribution is 5.81. The van der Waals surface area contributed by atoms with E-state index in [0.29, 0.717) is 6.42 Å². The summed E-state index contributed by atoms with van der Waals surface area (Å²) in [6.07, 6.45) is 0.346. The van der Waals surface area contributed by atoms with Gasteiger partial charge in [-0.2, -0.15) is 0 Å². The Morgan fingerprint density at radius 2 is 2.00 bits per heavy atom. The van der Waals surface area contributed by atoms with Crippen LogP contribution >= 0.6 is 0 Å². The molecule has 0 bridgehead atoms. The van der Waals surface area contributed by atoms with Crippen molar-refractivity contribution >= 4 is 5.91 Å². The largest absolute Gasteiger partial charge is 0.394 e. The first-order valence-corrected chi connectivity index (χ1v) is 5.99. The van der Waals surface area contributed by atoms with Crippen molar-refractivity contribution in [3.63, 3.8) is 0 Å². The standard InChI is InChI=1S/C13H20N2O3/c14-12(13(18)15-8-11(17)9-16)7-6-10-4-2-1-3-5-10/h1-5,11-12,16-17H,6-9,14H2,(H,15,18). The number of aryl methyl sites for hydroxylation is 1. The number of hydrogen-bond acceptors (Lipinski definition) is 4. The van der Waals surface area contributed by atoms with Gasteiger partial charge in [0.05, 0.1) is 18.8 Å². The quantitative estimate of drug-likeness (QED) is 0.522. The van der Waals surface area contributed by atoms with E-state index >= 15 is 0 Å². The van der Waals surface area contributed by atoms with Crippen LogP contribution in [0.25, 0.3) is 0 Å². The Balaban J connectivity index is 2.27. The van der Waals surface area contributed by atoms with Crippen LogP contribution in [0, 0.1) is 0 Å². The summed E-state index contributed by atoms with van der Waals surface area (Å²) in [4.78, 5) is 11.6. The predicted molar refractivity (Wildman–Crippen MR) is 68.8 cm³/mol. The Morgan fingerprint density at radius 1 is 1.33 bits per heavy atom. The summed E-state index contributed by atoms with van der Waals surface area (Å²) in [5.74, 6) is -0.307. The van der Waals surface area contributed by atoms with Gasteiger partial charge < -0.3 is 21.3 Å². The summed E-state index contributed by atoms with van der Waals surface area (Å²) in [7, 11) is 0. The minimum atomic E-state index is -0.935. The zero-order valence-corrected chi connectivity index (χ0v) is 10.2. The van der Waals surface area contributed by atoms with Crippen LogP contribution in [0.1, 0.15) is 12.0 Å². The van der Waals surface area contributed by atoms with Gasteiger partial charge in [-0.15, -0.1) is 0 Å². The maximum Gasteiger partial charge on any atom is 0.237 e. The molecule has 0 heterocycles. The van der Waals surface area contributed by atoms with Gasteiger partial charge in [-0.1, -0.05) is 30.3 Å². The topological polar surface area (TPSA) is 95.6 Å². The molecule has 0 aliphatic carbocycles. The number of carbonyl (C=O) groups excluding carboxylic acids is 1. The van der Waals surface area contributed by atoms with Crippen LogP contribution in [-0.2, 0) is 11.2 Å². The Bertz CT molecular complexity index is 357. The molecule has 0 aliphatic heterocycles. The number of hydrogen-bond donors (Lipinski definition) is 4. The molecule has 1 aromatic carbocycles. The fraction of sp³-hybridized carbons (Fsp3) is 0.462. The first kappa shape index (κ1) is 14.6. The van der Waals surface area contributed by atoms with E-state index in [-0.39, 0.29) is 19.1 Å². The number of rotatable bonds is 7. The lowest BCUT2D eigenvalue weighted by Crippen LogP contribution is -2.44. The maximum atomic E-state index is 11.6. The van der Waals surface area contributed by atoms with Crippen molar-refractivity contribution in [3.05, 3.63) is 35.9 Å². The van der Waals surface area contributed by atoms with E-state index in [4.69, 9.17) is 15.9 Å². The SMILES string of the molecule is NC(CCc1ccccc1)C(=O)NCC(O)CO. The van der Waals surface area contributed by atoms with Crippen LogP contribution in [0.2, 0.25) is 0 Å². The molecule has 5 N–H and O–H groups in total. The number of nitrogens with two attached hydrogens (primary N) is 1. The molecule has 1 rings (SSSR count). The molecule has 2 atom stereocenters. The van der Waals surface area contributed by atoms with Crippen LogP contribution in [0.3, 0.4) is 0 Å². The average molecular weight is 252 g/mol. The van der Waals surface area contributed by atoms with Crippen molar-refractivity contribution in [1.29, 1.82) is 0 Å². The van der Waals surface area contributed by atoms with E-state index < -0.39 is 12.1 Å². The summed E-state index contributed by atoms with van der Waals surface area (Å²) < 4.78 is 0. The van der Waals surface area contributed by atoms with Gasteiger partial charge in [0.25, 0.3) is 0 Å². The van der Waals surface area contributed by atoms with Gasteiger partial charge in [0, 0.05) is 6.54 Å². The van der Waals surface area contributed by atoms with Gasteiger partial charge in [0.1, 0.15) is 0 Å². The van der Waals surface area contributed by atoms with E-state index in [0.717, 1.165) is 12.0 Å². The number of benzene rings is 1. The zero-order chi connectivity index (χ0) is 13.4. The fourth-order valence-corrected chi connectivity index (χ4v) is 1.51. The monoisotopic (exact) mass is 252 g/mol. The minimum absolute atomic E-state index is 0.0222. The van der Waals surface area contributed by atoms with Gasteiger partial charge in [0.15, 0.2) is 0 Å². The molecule has 2 unspecified atom stereocenters. The Labute approximate surface area is 107 Å². The van der Waals surface area contributed by atoms with Crippen molar-refractivity contribution in [2.45, 2.75) is 25.0 Å². The average Bonchev–Trinajstić information content (AvgIpc) is 2.42. The molecule has 5 nitrogen and oxygen atoms in total. The van der Waals surface area contributed by atoms with Gasteiger partial charge in [-0.05, 0) is 18.4 Å². The number of nitrogens with one attached hydrogen (secondary N) is 1. The second-order valence-electron chi connectivity index (χ2n) is 4.21. The lowest BCUT2D eigenvalue weighted by molar-refractivity contribution is -0.123. The predicted octanol–water partition coefficient (Wildman–Crippen LogP) is -0.584. The van der Waals surface area contributed by atoms with E-state index in [1.54, 1.807) is 0 Å². The van der Waals surface area contributed by atoms with Crippen molar-refractivity contribution in [2.75, 3.05) is 13.2 Å². The first-order valence-electron chi connectivity index (χ1n) is 5.99. The van der Waals surface area contributed by atoms with Crippen LogP contribution in [0.5, 0.6) is 0 Å². The van der Waals surface area contributed by atoms with Gasteiger partial charge in [-0.25, -0.2) is 0 Å². The van der Waals surface area contributed by atoms with Crippen molar-refractivity contribution < 1.29 is 15.0 Å². The van der Waals surface area contributed by atoms with Crippen molar-refractivity contribution in [1.82, 2.24) is 5.32 Å². The Hall–Kier alpha value is -1.43. The highest BCUT2D eigenvalue weighted by Crippen LogP contribution is 2.04. The van der Waals surface area contributed by atoms with E-state index in [1.807, 2.05) is 30.3 Å². The molecule has 0 radical (unpaired) electrons. The van der Waals surface area contributed by atoms with E-state index in [2.05, 4.69) is 5.32 Å². The molecule has 0 spiro atoms. The smallest absolute Gasteiger partial charge is 0.237 e. The third-order valence-corrected chi connectivity index (χ3v) is 2.65. The summed E-state index contributed by atoms with van der Waals surface area (Å²) >= 11 is 0. The van der Waals surface area contributed by atoms with Gasteiger partial charge >= 0.3 is 0 Å². The Morgan fingerprint density at radius 3 is 2.61 bits per heavy atom. The lowest BCUT2D eigenvalue weighted by Gasteiger charge is -2.14. The van der Waals surface area contributed by atoms with Crippen molar-refractivity contribution in [3.8, 4) is 0 Å². The molecular weight excluding hydrogens is 232 g/mol. The first-order chi connectivity index (χ1) is 8.63.